The molecule has 0 amide bonds. The van der Waals surface area contributed by atoms with Gasteiger partial charge >= 0.3 is 0 Å². The van der Waals surface area contributed by atoms with Crippen LogP contribution in [0.4, 0.5) is 17.1 Å². The summed E-state index contributed by atoms with van der Waals surface area (Å²) in [5, 5.41) is 0. The van der Waals surface area contributed by atoms with E-state index in [-0.39, 0.29) is 5.78 Å². The maximum Gasteiger partial charge on any atom is 0.161 e. The van der Waals surface area contributed by atoms with Gasteiger partial charge in [0.2, 0.25) is 0 Å². The summed E-state index contributed by atoms with van der Waals surface area (Å²) in [6, 6.07) is 14.1. The number of nitrogens with two attached hydrogens (primary N) is 1. The van der Waals surface area contributed by atoms with Crippen LogP contribution in [0.25, 0.3) is 0 Å². The number of carbonyl (C=O) groups is 1. The van der Waals surface area contributed by atoms with Gasteiger partial charge in [-0.05, 0) is 43.2 Å². The molecule has 1 aliphatic rings. The predicted molar refractivity (Wildman–Crippen MR) is 78.0 cm³/mol. The molecule has 0 fully saturated rings. The fourth-order valence-electron chi connectivity index (χ4n) is 2.65. The molecule has 2 aromatic rings. The third-order valence-electron chi connectivity index (χ3n) is 3.61. The molecule has 96 valence electrons. The summed E-state index contributed by atoms with van der Waals surface area (Å²) in [7, 11) is 0. The number of Topliss-reactive ketones (excluding diaryl/α,β-unsaturated/α-hetero) is 1. The van der Waals surface area contributed by atoms with Crippen LogP contribution >= 0.6 is 0 Å². The molecule has 3 heteroatoms. The van der Waals surface area contributed by atoms with E-state index in [1.807, 2.05) is 24.3 Å². The standard InChI is InChI=1S/C16H16N2O/c1-11(19)14-7-6-13(10-15(14)17)18-9-8-12-4-2-3-5-16(12)18/h2-7,10H,8-9,17H2,1H3. The number of carbonyl (C=O) groups excluding carboxylic acids is 1. The normalized spacial score (nSPS) is 13.4. The number of nitrogen functional groups attached to an aromatic ring is 1. The van der Waals surface area contributed by atoms with Gasteiger partial charge in [-0.3, -0.25) is 4.79 Å². The van der Waals surface area contributed by atoms with E-state index < -0.39 is 0 Å². The van der Waals surface area contributed by atoms with Gasteiger partial charge in [0.15, 0.2) is 5.78 Å². The third-order valence-corrected chi connectivity index (χ3v) is 3.61. The van der Waals surface area contributed by atoms with Crippen LogP contribution < -0.4 is 10.6 Å². The molecule has 1 aliphatic heterocycles. The Morgan fingerprint density at radius 2 is 2.00 bits per heavy atom. The number of hydrogen-bond acceptors (Lipinski definition) is 3. The minimum absolute atomic E-state index is 0.00544. The zero-order valence-corrected chi connectivity index (χ0v) is 10.9. The SMILES string of the molecule is CC(=O)c1ccc(N2CCc3ccccc32)cc1N. The number of benzene rings is 2. The second kappa shape index (κ2) is 4.43. The Bertz CT molecular complexity index is 649. The Kier molecular flexibility index (Phi) is 2.75. The molecule has 0 spiro atoms. The molecule has 19 heavy (non-hydrogen) atoms. The van der Waals surface area contributed by atoms with Gasteiger partial charge in [-0.1, -0.05) is 18.2 Å². The van der Waals surface area contributed by atoms with E-state index in [0.29, 0.717) is 11.3 Å². The average molecular weight is 252 g/mol. The molecular formula is C16H16N2O. The summed E-state index contributed by atoms with van der Waals surface area (Å²) in [4.78, 5) is 13.6. The topological polar surface area (TPSA) is 46.3 Å². The van der Waals surface area contributed by atoms with Gasteiger partial charge in [0, 0.05) is 29.2 Å². The molecule has 3 rings (SSSR count). The second-order valence-corrected chi connectivity index (χ2v) is 4.86. The first-order chi connectivity index (χ1) is 9.16. The zero-order chi connectivity index (χ0) is 13.4. The highest BCUT2D eigenvalue weighted by molar-refractivity contribution is 5.99. The molecule has 0 saturated heterocycles. The predicted octanol–water partition coefficient (Wildman–Crippen LogP) is 3.17. The first kappa shape index (κ1) is 11.8. The molecule has 0 bridgehead atoms. The molecule has 2 aromatic carbocycles. The van der Waals surface area contributed by atoms with Crippen molar-refractivity contribution in [3.63, 3.8) is 0 Å². The minimum atomic E-state index is 0.00544. The molecule has 0 saturated carbocycles. The molecule has 0 atom stereocenters. The lowest BCUT2D eigenvalue weighted by Crippen LogP contribution is -2.14. The minimum Gasteiger partial charge on any atom is -0.398 e. The molecule has 0 aromatic heterocycles. The summed E-state index contributed by atoms with van der Waals surface area (Å²) >= 11 is 0. The molecule has 0 aliphatic carbocycles. The van der Waals surface area contributed by atoms with E-state index in [1.165, 1.54) is 18.2 Å². The van der Waals surface area contributed by atoms with E-state index in [0.717, 1.165) is 18.7 Å². The maximum atomic E-state index is 11.4. The van der Waals surface area contributed by atoms with Crippen molar-refractivity contribution in [3.8, 4) is 0 Å². The van der Waals surface area contributed by atoms with Crippen LogP contribution in [-0.4, -0.2) is 12.3 Å². The molecule has 0 unspecified atom stereocenters. The Balaban J connectivity index is 2.01. The summed E-state index contributed by atoms with van der Waals surface area (Å²) in [6.07, 6.45) is 1.05. The quantitative estimate of drug-likeness (QED) is 0.659. The third kappa shape index (κ3) is 1.97. The van der Waals surface area contributed by atoms with Crippen LogP contribution in [0.1, 0.15) is 22.8 Å². The van der Waals surface area contributed by atoms with E-state index in [9.17, 15) is 4.79 Å². The van der Waals surface area contributed by atoms with E-state index in [1.54, 1.807) is 0 Å². The fourth-order valence-corrected chi connectivity index (χ4v) is 2.65. The van der Waals surface area contributed by atoms with Crippen molar-refractivity contribution < 1.29 is 4.79 Å². The van der Waals surface area contributed by atoms with Crippen molar-refractivity contribution in [1.29, 1.82) is 0 Å². The first-order valence-corrected chi connectivity index (χ1v) is 6.43. The number of anilines is 3. The van der Waals surface area contributed by atoms with Gasteiger partial charge < -0.3 is 10.6 Å². The fraction of sp³-hybridized carbons (Fsp3) is 0.188. The van der Waals surface area contributed by atoms with Crippen LogP contribution in [0.5, 0.6) is 0 Å². The van der Waals surface area contributed by atoms with Gasteiger partial charge in [-0.25, -0.2) is 0 Å². The van der Waals surface area contributed by atoms with Crippen molar-refractivity contribution in [2.75, 3.05) is 17.2 Å². The van der Waals surface area contributed by atoms with Crippen LogP contribution in [0.15, 0.2) is 42.5 Å². The van der Waals surface area contributed by atoms with Crippen LogP contribution in [0.2, 0.25) is 0 Å². The number of para-hydroxylation sites is 1. The molecule has 2 N–H and O–H groups in total. The molecule has 0 radical (unpaired) electrons. The van der Waals surface area contributed by atoms with Gasteiger partial charge in [0.05, 0.1) is 0 Å². The molecule has 3 nitrogen and oxygen atoms in total. The molecular weight excluding hydrogens is 236 g/mol. The van der Waals surface area contributed by atoms with E-state index in [4.69, 9.17) is 5.73 Å². The first-order valence-electron chi connectivity index (χ1n) is 6.43. The number of fused-ring (bicyclic) bond motifs is 1. The zero-order valence-electron chi connectivity index (χ0n) is 10.9. The van der Waals surface area contributed by atoms with Gasteiger partial charge in [0.25, 0.3) is 0 Å². The summed E-state index contributed by atoms with van der Waals surface area (Å²) in [5.41, 5.74) is 10.7. The number of hydrogen-bond donors (Lipinski definition) is 1. The summed E-state index contributed by atoms with van der Waals surface area (Å²) in [5.74, 6) is 0.00544. The lowest BCUT2D eigenvalue weighted by atomic mass is 10.1. The Morgan fingerprint density at radius 3 is 2.74 bits per heavy atom. The second-order valence-electron chi connectivity index (χ2n) is 4.86. The summed E-state index contributed by atoms with van der Waals surface area (Å²) in [6.45, 7) is 2.49. The van der Waals surface area contributed by atoms with Gasteiger partial charge in [-0.15, -0.1) is 0 Å². The number of rotatable bonds is 2. The van der Waals surface area contributed by atoms with Crippen molar-refractivity contribution in [2.24, 2.45) is 0 Å². The lowest BCUT2D eigenvalue weighted by Gasteiger charge is -2.20. The maximum absolute atomic E-state index is 11.4. The highest BCUT2D eigenvalue weighted by Crippen LogP contribution is 2.35. The lowest BCUT2D eigenvalue weighted by molar-refractivity contribution is 0.101. The van der Waals surface area contributed by atoms with Crippen molar-refractivity contribution in [3.05, 3.63) is 53.6 Å². The number of nitrogens with zero attached hydrogens (tertiary/aromatic N) is 1. The van der Waals surface area contributed by atoms with Crippen LogP contribution in [0.3, 0.4) is 0 Å². The van der Waals surface area contributed by atoms with Gasteiger partial charge in [0.1, 0.15) is 0 Å². The average Bonchev–Trinajstić information content (AvgIpc) is 2.82. The van der Waals surface area contributed by atoms with Crippen molar-refractivity contribution in [2.45, 2.75) is 13.3 Å². The van der Waals surface area contributed by atoms with E-state index in [2.05, 4.69) is 23.1 Å². The highest BCUT2D eigenvalue weighted by Gasteiger charge is 2.20. The van der Waals surface area contributed by atoms with E-state index >= 15 is 0 Å². The number of ketones is 1. The van der Waals surface area contributed by atoms with Crippen molar-refractivity contribution in [1.82, 2.24) is 0 Å². The smallest absolute Gasteiger partial charge is 0.161 e. The monoisotopic (exact) mass is 252 g/mol. The van der Waals surface area contributed by atoms with Crippen LogP contribution in [-0.2, 0) is 6.42 Å². The largest absolute Gasteiger partial charge is 0.398 e. The van der Waals surface area contributed by atoms with Crippen LogP contribution in [0, 0.1) is 0 Å². The van der Waals surface area contributed by atoms with Crippen molar-refractivity contribution >= 4 is 22.8 Å². The highest BCUT2D eigenvalue weighted by atomic mass is 16.1. The molecule has 1 heterocycles. The Labute approximate surface area is 112 Å². The summed E-state index contributed by atoms with van der Waals surface area (Å²) < 4.78 is 0. The van der Waals surface area contributed by atoms with Gasteiger partial charge in [-0.2, -0.15) is 0 Å². The Hall–Kier alpha value is -2.29. The Morgan fingerprint density at radius 1 is 1.21 bits per heavy atom.